The Kier molecular flexibility index (Phi) is 5.66. The molecule has 0 aromatic carbocycles. The topological polar surface area (TPSA) is 86.7 Å². The molecule has 3 fully saturated rings. The van der Waals surface area contributed by atoms with E-state index < -0.39 is 21.8 Å². The van der Waals surface area contributed by atoms with Crippen molar-refractivity contribution in [2.24, 2.45) is 29.1 Å². The Bertz CT molecular complexity index is 815. The molecular weight excluding hydrogens is 392 g/mol. The Balaban J connectivity index is 1.45. The number of hydrogen-bond acceptors (Lipinski definition) is 6. The van der Waals surface area contributed by atoms with Gasteiger partial charge in [-0.3, -0.25) is 13.8 Å². The maximum atomic E-state index is 12.3. The molecule has 0 aromatic rings. The van der Waals surface area contributed by atoms with Gasteiger partial charge in [0.1, 0.15) is 6.10 Å². The first-order valence-electron chi connectivity index (χ1n) is 11.0. The average Bonchev–Trinajstić information content (AvgIpc) is 2.97. The van der Waals surface area contributed by atoms with Crippen molar-refractivity contribution in [2.75, 3.05) is 12.4 Å². The number of hydrogen-bond donors (Lipinski definition) is 0. The molecule has 6 atom stereocenters. The first kappa shape index (κ1) is 21.0. The molecule has 3 saturated carbocycles. The predicted molar refractivity (Wildman–Crippen MR) is 107 cm³/mol. The van der Waals surface area contributed by atoms with E-state index >= 15 is 0 Å². The van der Waals surface area contributed by atoms with Crippen molar-refractivity contribution in [3.8, 4) is 0 Å². The van der Waals surface area contributed by atoms with Crippen LogP contribution in [0.15, 0.2) is 11.6 Å². The smallest absolute Gasteiger partial charge is 0.323 e. The van der Waals surface area contributed by atoms with Crippen LogP contribution in [0.3, 0.4) is 0 Å². The molecule has 0 unspecified atom stereocenters. The fourth-order valence-corrected chi connectivity index (χ4v) is 7.68. The van der Waals surface area contributed by atoms with E-state index in [0.29, 0.717) is 30.1 Å². The first-order chi connectivity index (χ1) is 13.7. The molecule has 29 heavy (non-hydrogen) atoms. The number of ether oxygens (including phenoxy) is 1. The summed E-state index contributed by atoms with van der Waals surface area (Å²) >= 11 is 0. The molecule has 6 nitrogen and oxygen atoms in total. The highest BCUT2D eigenvalue weighted by atomic mass is 32.2. The van der Waals surface area contributed by atoms with Crippen LogP contribution in [-0.4, -0.2) is 38.6 Å². The Morgan fingerprint density at radius 2 is 1.93 bits per heavy atom. The molecule has 0 heterocycles. The molecule has 0 saturated heterocycles. The summed E-state index contributed by atoms with van der Waals surface area (Å²) < 4.78 is 33.9. The molecule has 0 radical (unpaired) electrons. The van der Waals surface area contributed by atoms with Crippen LogP contribution < -0.4 is 0 Å². The van der Waals surface area contributed by atoms with Crippen LogP contribution in [0.1, 0.15) is 65.2 Å². The van der Waals surface area contributed by atoms with Crippen LogP contribution in [0.25, 0.3) is 0 Å². The van der Waals surface area contributed by atoms with Crippen LogP contribution in [-0.2, 0) is 28.6 Å². The summed E-state index contributed by atoms with van der Waals surface area (Å²) in [6, 6.07) is 0. The zero-order valence-corrected chi connectivity index (χ0v) is 18.2. The lowest BCUT2D eigenvalue weighted by Crippen LogP contribution is -2.48. The fraction of sp³-hybridized carbons (Fsp3) is 0.818. The van der Waals surface area contributed by atoms with Crippen LogP contribution >= 0.6 is 0 Å². The molecule has 4 rings (SSSR count). The van der Waals surface area contributed by atoms with E-state index in [1.54, 1.807) is 6.92 Å². The predicted octanol–water partition coefficient (Wildman–Crippen LogP) is 3.41. The van der Waals surface area contributed by atoms with E-state index in [1.165, 1.54) is 5.57 Å². The number of esters is 1. The van der Waals surface area contributed by atoms with Crippen molar-refractivity contribution in [3.05, 3.63) is 11.6 Å². The number of carbonyl (C=O) groups is 2. The fourth-order valence-electron chi connectivity index (χ4n) is 6.88. The van der Waals surface area contributed by atoms with Gasteiger partial charge in [0.15, 0.2) is 11.5 Å². The summed E-state index contributed by atoms with van der Waals surface area (Å²) in [4.78, 5) is 24.1. The third kappa shape index (κ3) is 3.92. The minimum absolute atomic E-state index is 0.0189. The number of carbonyl (C=O) groups excluding carboxylic acids is 2. The van der Waals surface area contributed by atoms with Gasteiger partial charge in [0, 0.05) is 11.8 Å². The standard InChI is InChI=1S/C22H32O6S/c1-3-27-29(25,26)13-21(24)28-20-9-8-19-18-6-4-14-12-15(23)5-7-16(14)17(18)10-11-22(19,20)2/h12,16-20H,3-11,13H2,1-2H3/t16-,17-,18+,19+,20+,22+/m0/s1. The highest BCUT2D eigenvalue weighted by Crippen LogP contribution is 2.62. The maximum absolute atomic E-state index is 12.3. The van der Waals surface area contributed by atoms with Crippen molar-refractivity contribution in [1.82, 2.24) is 0 Å². The SMILES string of the molecule is CCOS(=O)(=O)CC(=O)O[C@@H]1CC[C@@H]2[C@@H]3CCC4=CC(=O)CC[C@@H]4[C@@H]3CC[C@]21C. The van der Waals surface area contributed by atoms with Gasteiger partial charge in [-0.05, 0) is 81.6 Å². The third-order valence-corrected chi connectivity index (χ3v) is 9.26. The minimum Gasteiger partial charge on any atom is -0.461 e. The van der Waals surface area contributed by atoms with Crippen LogP contribution in [0, 0.1) is 29.1 Å². The molecule has 162 valence electrons. The molecule has 0 amide bonds. The summed E-state index contributed by atoms with van der Waals surface area (Å²) in [5.41, 5.74) is 1.28. The molecular formula is C22H32O6S. The zero-order chi connectivity index (χ0) is 20.8. The highest BCUT2D eigenvalue weighted by Gasteiger charge is 2.57. The molecule has 0 aliphatic heterocycles. The Morgan fingerprint density at radius 3 is 2.69 bits per heavy atom. The van der Waals surface area contributed by atoms with E-state index in [1.807, 2.05) is 6.08 Å². The summed E-state index contributed by atoms with van der Waals surface area (Å²) in [6.45, 7) is 3.83. The van der Waals surface area contributed by atoms with E-state index in [4.69, 9.17) is 4.74 Å². The molecule has 0 N–H and O–H groups in total. The highest BCUT2D eigenvalue weighted by molar-refractivity contribution is 7.87. The van der Waals surface area contributed by atoms with Gasteiger partial charge >= 0.3 is 5.97 Å². The molecule has 7 heteroatoms. The second-order valence-electron chi connectivity index (χ2n) is 9.51. The van der Waals surface area contributed by atoms with Gasteiger partial charge in [0.2, 0.25) is 0 Å². The third-order valence-electron chi connectivity index (χ3n) is 8.08. The quantitative estimate of drug-likeness (QED) is 0.497. The van der Waals surface area contributed by atoms with Gasteiger partial charge in [-0.15, -0.1) is 0 Å². The van der Waals surface area contributed by atoms with E-state index in [-0.39, 0.29) is 23.9 Å². The summed E-state index contributed by atoms with van der Waals surface area (Å²) in [7, 11) is -3.87. The van der Waals surface area contributed by atoms with Crippen LogP contribution in [0.5, 0.6) is 0 Å². The number of rotatable bonds is 5. The number of fused-ring (bicyclic) bond motifs is 5. The lowest BCUT2D eigenvalue weighted by atomic mass is 9.52. The average molecular weight is 425 g/mol. The Labute approximate surface area is 173 Å². The molecule has 4 aliphatic carbocycles. The van der Waals surface area contributed by atoms with Crippen molar-refractivity contribution < 1.29 is 26.9 Å². The van der Waals surface area contributed by atoms with E-state index in [9.17, 15) is 18.0 Å². The van der Waals surface area contributed by atoms with Crippen molar-refractivity contribution >= 4 is 21.9 Å². The monoisotopic (exact) mass is 424 g/mol. The van der Waals surface area contributed by atoms with E-state index in [0.717, 1.165) is 44.9 Å². The molecule has 0 aromatic heterocycles. The second-order valence-corrected chi connectivity index (χ2v) is 11.2. The van der Waals surface area contributed by atoms with Gasteiger partial charge < -0.3 is 4.74 Å². The Morgan fingerprint density at radius 1 is 1.14 bits per heavy atom. The van der Waals surface area contributed by atoms with E-state index in [2.05, 4.69) is 11.1 Å². The zero-order valence-electron chi connectivity index (χ0n) is 17.4. The van der Waals surface area contributed by atoms with Gasteiger partial charge in [0.25, 0.3) is 10.1 Å². The van der Waals surface area contributed by atoms with Crippen molar-refractivity contribution in [1.29, 1.82) is 0 Å². The number of allylic oxidation sites excluding steroid dienone is 1. The lowest BCUT2D eigenvalue weighted by molar-refractivity contribution is -0.155. The van der Waals surface area contributed by atoms with Gasteiger partial charge in [-0.25, -0.2) is 0 Å². The van der Waals surface area contributed by atoms with Gasteiger partial charge in [0.05, 0.1) is 6.61 Å². The van der Waals surface area contributed by atoms with Crippen molar-refractivity contribution in [3.63, 3.8) is 0 Å². The van der Waals surface area contributed by atoms with Gasteiger partial charge in [-0.1, -0.05) is 12.5 Å². The molecule has 0 bridgehead atoms. The number of ketones is 1. The summed E-state index contributed by atoms with van der Waals surface area (Å²) in [6.07, 6.45) is 9.40. The largest absolute Gasteiger partial charge is 0.461 e. The summed E-state index contributed by atoms with van der Waals surface area (Å²) in [5, 5.41) is 0. The van der Waals surface area contributed by atoms with Crippen LogP contribution in [0.4, 0.5) is 0 Å². The van der Waals surface area contributed by atoms with Gasteiger partial charge in [-0.2, -0.15) is 8.42 Å². The molecule has 0 spiro atoms. The van der Waals surface area contributed by atoms with Crippen LogP contribution in [0.2, 0.25) is 0 Å². The maximum Gasteiger partial charge on any atom is 0.323 e. The second kappa shape index (κ2) is 7.80. The lowest BCUT2D eigenvalue weighted by Gasteiger charge is -2.53. The summed E-state index contributed by atoms with van der Waals surface area (Å²) in [5.74, 6) is 1.16. The van der Waals surface area contributed by atoms with Crippen molar-refractivity contribution in [2.45, 2.75) is 71.3 Å². The molecule has 4 aliphatic rings. The minimum atomic E-state index is -3.87. The Hall–Kier alpha value is -1.21. The first-order valence-corrected chi connectivity index (χ1v) is 12.6. The normalized spacial score (nSPS) is 39.2.